The van der Waals surface area contributed by atoms with Gasteiger partial charge < -0.3 is 10.2 Å². The molecule has 2 rings (SSSR count). The first-order valence-corrected chi connectivity index (χ1v) is 13.0. The van der Waals surface area contributed by atoms with E-state index in [9.17, 15) is 18.0 Å². The Balaban J connectivity index is 2.19. The third-order valence-corrected chi connectivity index (χ3v) is 6.67. The molecule has 0 saturated carbocycles. The summed E-state index contributed by atoms with van der Waals surface area (Å²) in [5.74, 6) is -0.391. The Kier molecular flexibility index (Phi) is 9.46. The number of carbonyl (C=O) groups is 2. The van der Waals surface area contributed by atoms with Gasteiger partial charge in [-0.05, 0) is 55.5 Å². The molecule has 0 radical (unpaired) electrons. The van der Waals surface area contributed by atoms with Crippen molar-refractivity contribution >= 4 is 27.5 Å². The van der Waals surface area contributed by atoms with Crippen LogP contribution in [0, 0.1) is 13.8 Å². The number of likely N-dealkylation sites (N-methyl/N-ethyl adjacent to an activating group) is 1. The molecule has 0 aliphatic carbocycles. The summed E-state index contributed by atoms with van der Waals surface area (Å²) >= 11 is 0. The molecule has 1 atom stereocenters. The van der Waals surface area contributed by atoms with Gasteiger partial charge in [0.2, 0.25) is 21.8 Å². The second kappa shape index (κ2) is 11.8. The number of amides is 2. The number of anilines is 1. The number of carbonyl (C=O) groups excluding carboxylic acids is 2. The lowest BCUT2D eigenvalue weighted by Gasteiger charge is -2.30. The summed E-state index contributed by atoms with van der Waals surface area (Å²) in [5, 5.41) is 2.64. The van der Waals surface area contributed by atoms with E-state index in [1.54, 1.807) is 11.9 Å². The minimum atomic E-state index is -3.51. The zero-order valence-electron chi connectivity index (χ0n) is 20.2. The van der Waals surface area contributed by atoms with Crippen LogP contribution in [0.4, 0.5) is 5.69 Å². The molecular formula is C25H35N3O4S. The van der Waals surface area contributed by atoms with Gasteiger partial charge in [-0.2, -0.15) is 0 Å². The Morgan fingerprint density at radius 1 is 1.03 bits per heavy atom. The molecule has 1 N–H and O–H groups in total. The molecule has 0 fully saturated rings. The van der Waals surface area contributed by atoms with Crippen LogP contribution >= 0.6 is 0 Å². The summed E-state index contributed by atoms with van der Waals surface area (Å²) in [6, 6.07) is 14.6. The average molecular weight is 474 g/mol. The number of hydrogen-bond acceptors (Lipinski definition) is 4. The number of benzene rings is 2. The van der Waals surface area contributed by atoms with E-state index in [-0.39, 0.29) is 24.8 Å². The molecule has 0 unspecified atom stereocenters. The van der Waals surface area contributed by atoms with Crippen LogP contribution in [-0.2, 0) is 26.2 Å². The third kappa shape index (κ3) is 7.60. The van der Waals surface area contributed by atoms with Gasteiger partial charge >= 0.3 is 0 Å². The maximum absolute atomic E-state index is 13.2. The Bertz CT molecular complexity index is 1030. The molecule has 2 amide bonds. The summed E-state index contributed by atoms with van der Waals surface area (Å²) in [6.07, 6.45) is 2.13. The summed E-state index contributed by atoms with van der Waals surface area (Å²) in [5.41, 5.74) is 3.47. The van der Waals surface area contributed by atoms with Gasteiger partial charge in [0.15, 0.2) is 0 Å². The molecule has 0 aliphatic heterocycles. The number of hydrogen-bond donors (Lipinski definition) is 1. The van der Waals surface area contributed by atoms with Gasteiger partial charge in [-0.25, -0.2) is 8.42 Å². The fraction of sp³-hybridized carbons (Fsp3) is 0.440. The van der Waals surface area contributed by atoms with Crippen molar-refractivity contribution in [1.82, 2.24) is 10.2 Å². The zero-order chi connectivity index (χ0) is 24.6. The number of nitrogens with one attached hydrogen (secondary N) is 1. The number of sulfonamides is 1. The van der Waals surface area contributed by atoms with Crippen LogP contribution in [0.15, 0.2) is 48.5 Å². The third-order valence-electron chi connectivity index (χ3n) is 5.47. The van der Waals surface area contributed by atoms with Crippen molar-refractivity contribution in [2.45, 2.75) is 52.6 Å². The molecule has 2 aromatic rings. The van der Waals surface area contributed by atoms with Crippen LogP contribution < -0.4 is 9.62 Å². The van der Waals surface area contributed by atoms with Gasteiger partial charge in [-0.15, -0.1) is 0 Å². The summed E-state index contributed by atoms with van der Waals surface area (Å²) in [4.78, 5) is 27.3. The SMILES string of the molecule is CC[C@@H](C(=O)NC)N(Cc1ccccc1)C(=O)CCCN(c1cc(C)cc(C)c1)S(C)(=O)=O. The molecule has 7 nitrogen and oxygen atoms in total. The molecule has 0 bridgehead atoms. The van der Waals surface area contributed by atoms with Crippen molar-refractivity contribution in [3.05, 3.63) is 65.2 Å². The van der Waals surface area contributed by atoms with Gasteiger partial charge in [0.1, 0.15) is 6.04 Å². The lowest BCUT2D eigenvalue weighted by atomic mass is 10.1. The zero-order valence-corrected chi connectivity index (χ0v) is 21.0. The van der Waals surface area contributed by atoms with Crippen LogP contribution in [0.5, 0.6) is 0 Å². The van der Waals surface area contributed by atoms with Crippen LogP contribution in [0.3, 0.4) is 0 Å². The summed E-state index contributed by atoms with van der Waals surface area (Å²) in [7, 11) is -1.95. The molecular weight excluding hydrogens is 438 g/mol. The molecule has 180 valence electrons. The minimum absolute atomic E-state index is 0.136. The highest BCUT2D eigenvalue weighted by atomic mass is 32.2. The van der Waals surface area contributed by atoms with Gasteiger partial charge in [-0.3, -0.25) is 13.9 Å². The number of aryl methyl sites for hydroxylation is 2. The fourth-order valence-corrected chi connectivity index (χ4v) is 4.91. The van der Waals surface area contributed by atoms with Gasteiger partial charge in [-0.1, -0.05) is 43.3 Å². The lowest BCUT2D eigenvalue weighted by molar-refractivity contribution is -0.141. The van der Waals surface area contributed by atoms with Crippen molar-refractivity contribution in [3.8, 4) is 0 Å². The van der Waals surface area contributed by atoms with E-state index < -0.39 is 16.1 Å². The average Bonchev–Trinajstić information content (AvgIpc) is 2.75. The summed E-state index contributed by atoms with van der Waals surface area (Å²) in [6.45, 7) is 6.22. The molecule has 0 aliphatic rings. The van der Waals surface area contributed by atoms with E-state index in [0.717, 1.165) is 16.7 Å². The topological polar surface area (TPSA) is 86.8 Å². The van der Waals surface area contributed by atoms with E-state index >= 15 is 0 Å². The second-order valence-electron chi connectivity index (χ2n) is 8.33. The molecule has 0 saturated heterocycles. The molecule has 33 heavy (non-hydrogen) atoms. The first-order chi connectivity index (χ1) is 15.6. The normalized spacial score (nSPS) is 12.2. The smallest absolute Gasteiger partial charge is 0.242 e. The minimum Gasteiger partial charge on any atom is -0.357 e. The number of nitrogens with zero attached hydrogens (tertiary/aromatic N) is 2. The molecule has 2 aromatic carbocycles. The van der Waals surface area contributed by atoms with Gasteiger partial charge in [0.05, 0.1) is 11.9 Å². The first-order valence-electron chi connectivity index (χ1n) is 11.2. The van der Waals surface area contributed by atoms with Crippen molar-refractivity contribution in [2.75, 3.05) is 24.2 Å². The molecule has 0 spiro atoms. The Morgan fingerprint density at radius 3 is 2.15 bits per heavy atom. The van der Waals surface area contributed by atoms with E-state index in [1.165, 1.54) is 10.6 Å². The largest absolute Gasteiger partial charge is 0.357 e. The highest BCUT2D eigenvalue weighted by Gasteiger charge is 2.28. The van der Waals surface area contributed by atoms with E-state index in [1.807, 2.05) is 69.3 Å². The van der Waals surface area contributed by atoms with Crippen molar-refractivity contribution in [3.63, 3.8) is 0 Å². The second-order valence-corrected chi connectivity index (χ2v) is 10.2. The Hall–Kier alpha value is -2.87. The first kappa shape index (κ1) is 26.4. The molecule has 0 aromatic heterocycles. The van der Waals surface area contributed by atoms with E-state index in [0.29, 0.717) is 25.1 Å². The fourth-order valence-electron chi connectivity index (χ4n) is 3.96. The van der Waals surface area contributed by atoms with E-state index in [2.05, 4.69) is 5.32 Å². The number of rotatable bonds is 11. The van der Waals surface area contributed by atoms with Gasteiger partial charge in [0.25, 0.3) is 0 Å². The Labute approximate surface area is 197 Å². The van der Waals surface area contributed by atoms with Crippen LogP contribution in [-0.4, -0.2) is 51.0 Å². The van der Waals surface area contributed by atoms with Crippen LogP contribution in [0.1, 0.15) is 42.9 Å². The molecule has 0 heterocycles. The molecule has 8 heteroatoms. The van der Waals surface area contributed by atoms with Crippen LogP contribution in [0.2, 0.25) is 0 Å². The highest BCUT2D eigenvalue weighted by Crippen LogP contribution is 2.22. The Morgan fingerprint density at radius 2 is 1.64 bits per heavy atom. The lowest BCUT2D eigenvalue weighted by Crippen LogP contribution is -2.48. The standard InChI is InChI=1S/C25H35N3O4S/c1-6-23(25(30)26-4)27(18-21-11-8-7-9-12-21)24(29)13-10-14-28(33(5,31)32)22-16-19(2)15-20(3)17-22/h7-9,11-12,15-17,23H,6,10,13-14,18H2,1-5H3,(H,26,30)/t23-/m0/s1. The maximum Gasteiger partial charge on any atom is 0.242 e. The highest BCUT2D eigenvalue weighted by molar-refractivity contribution is 7.92. The summed E-state index contributed by atoms with van der Waals surface area (Å²) < 4.78 is 26.3. The van der Waals surface area contributed by atoms with Gasteiger partial charge in [0, 0.05) is 26.6 Å². The maximum atomic E-state index is 13.2. The van der Waals surface area contributed by atoms with Crippen LogP contribution in [0.25, 0.3) is 0 Å². The predicted molar refractivity (Wildman–Crippen MR) is 132 cm³/mol. The van der Waals surface area contributed by atoms with Crippen molar-refractivity contribution < 1.29 is 18.0 Å². The van der Waals surface area contributed by atoms with Crippen molar-refractivity contribution in [2.24, 2.45) is 0 Å². The van der Waals surface area contributed by atoms with Crippen molar-refractivity contribution in [1.29, 1.82) is 0 Å². The van der Waals surface area contributed by atoms with E-state index in [4.69, 9.17) is 0 Å². The monoisotopic (exact) mass is 473 g/mol. The quantitative estimate of drug-likeness (QED) is 0.542. The predicted octanol–water partition coefficient (Wildman–Crippen LogP) is 3.40.